The summed E-state index contributed by atoms with van der Waals surface area (Å²) in [6, 6.07) is 14.7. The molecule has 0 bridgehead atoms. The molecule has 0 aliphatic heterocycles. The van der Waals surface area contributed by atoms with Gasteiger partial charge >= 0.3 is 12.7 Å². The summed E-state index contributed by atoms with van der Waals surface area (Å²) >= 11 is 6.03. The zero-order valence-corrected chi connectivity index (χ0v) is 18.0. The molecule has 35 heavy (non-hydrogen) atoms. The van der Waals surface area contributed by atoms with Gasteiger partial charge in [0.15, 0.2) is 11.6 Å². The van der Waals surface area contributed by atoms with Crippen molar-refractivity contribution in [2.24, 2.45) is 0 Å². The van der Waals surface area contributed by atoms with Gasteiger partial charge in [0.25, 0.3) is 0 Å². The molecule has 3 aromatic carbocycles. The lowest BCUT2D eigenvalue weighted by atomic mass is 10.2. The number of anilines is 4. The van der Waals surface area contributed by atoms with Crippen LogP contribution in [-0.4, -0.2) is 22.7 Å². The minimum absolute atomic E-state index is 0.180. The molecule has 0 fully saturated rings. The highest BCUT2D eigenvalue weighted by Crippen LogP contribution is 2.31. The molecule has 6 nitrogen and oxygen atoms in total. The van der Waals surface area contributed by atoms with Gasteiger partial charge in [-0.25, -0.2) is 9.97 Å². The lowest BCUT2D eigenvalue weighted by Crippen LogP contribution is -2.17. The predicted octanol–water partition coefficient (Wildman–Crippen LogP) is 7.57. The first-order valence-electron chi connectivity index (χ1n) is 9.66. The van der Waals surface area contributed by atoms with E-state index in [1.54, 1.807) is 18.2 Å². The monoisotopic (exact) mass is 514 g/mol. The number of hydrogen-bond donors (Lipinski definition) is 2. The third-order valence-electron chi connectivity index (χ3n) is 4.33. The third kappa shape index (κ3) is 6.79. The van der Waals surface area contributed by atoms with E-state index >= 15 is 0 Å². The number of nitrogens with zero attached hydrogens (tertiary/aromatic N) is 2. The van der Waals surface area contributed by atoms with E-state index in [1.807, 2.05) is 0 Å². The van der Waals surface area contributed by atoms with Gasteiger partial charge in [0.1, 0.15) is 11.5 Å². The minimum atomic E-state index is -4.82. The summed E-state index contributed by atoms with van der Waals surface area (Å²) < 4.78 is 82.1. The Morgan fingerprint density at radius 1 is 0.600 bits per heavy atom. The Morgan fingerprint density at radius 2 is 1.03 bits per heavy atom. The largest absolute Gasteiger partial charge is 0.573 e. The summed E-state index contributed by atoms with van der Waals surface area (Å²) in [7, 11) is 0. The fourth-order valence-electron chi connectivity index (χ4n) is 2.96. The molecular formula is C22H13ClF6N4O2. The summed E-state index contributed by atoms with van der Waals surface area (Å²) in [5, 5.41) is 6.31. The highest BCUT2D eigenvalue weighted by Gasteiger charge is 2.31. The van der Waals surface area contributed by atoms with E-state index in [0.717, 1.165) is 24.3 Å². The molecule has 13 heteroatoms. The van der Waals surface area contributed by atoms with Crippen molar-refractivity contribution in [1.29, 1.82) is 0 Å². The van der Waals surface area contributed by atoms with Crippen LogP contribution in [0.25, 0.3) is 11.0 Å². The molecule has 1 heterocycles. The average Bonchev–Trinajstić information content (AvgIpc) is 2.75. The first kappa shape index (κ1) is 24.2. The minimum Gasteiger partial charge on any atom is -0.406 e. The fraction of sp³-hybridized carbons (Fsp3) is 0.0909. The lowest BCUT2D eigenvalue weighted by molar-refractivity contribution is -0.275. The molecule has 0 radical (unpaired) electrons. The highest BCUT2D eigenvalue weighted by atomic mass is 35.5. The topological polar surface area (TPSA) is 68.3 Å². The fourth-order valence-corrected chi connectivity index (χ4v) is 3.12. The molecule has 0 unspecified atom stereocenters. The Hall–Kier alpha value is -3.93. The van der Waals surface area contributed by atoms with Crippen LogP contribution < -0.4 is 20.1 Å². The Kier molecular flexibility index (Phi) is 6.48. The van der Waals surface area contributed by atoms with E-state index in [0.29, 0.717) is 27.4 Å². The van der Waals surface area contributed by atoms with E-state index in [9.17, 15) is 26.3 Å². The van der Waals surface area contributed by atoms with Crippen LogP contribution in [0.1, 0.15) is 0 Å². The quantitative estimate of drug-likeness (QED) is 0.259. The van der Waals surface area contributed by atoms with Gasteiger partial charge in [-0.1, -0.05) is 11.6 Å². The first-order chi connectivity index (χ1) is 16.4. The van der Waals surface area contributed by atoms with Gasteiger partial charge in [0.2, 0.25) is 0 Å². The van der Waals surface area contributed by atoms with Gasteiger partial charge in [-0.15, -0.1) is 26.3 Å². The van der Waals surface area contributed by atoms with E-state index in [1.165, 1.54) is 24.3 Å². The Labute approximate surface area is 198 Å². The lowest BCUT2D eigenvalue weighted by Gasteiger charge is -2.15. The number of hydrogen-bond acceptors (Lipinski definition) is 6. The standard InChI is InChI=1S/C22H13ClF6N4O2/c23-12-1-10-17-18(11-12)33-20(31-14-4-8-16(9-5-14)35-22(27,28)29)19(32-17)30-13-2-6-15(7-3-13)34-21(24,25)26/h1-11H,(H,30,32)(H,31,33). The third-order valence-corrected chi connectivity index (χ3v) is 4.56. The van der Waals surface area contributed by atoms with Crippen LogP contribution in [0.2, 0.25) is 5.02 Å². The van der Waals surface area contributed by atoms with E-state index in [4.69, 9.17) is 11.6 Å². The molecule has 0 aliphatic rings. The van der Waals surface area contributed by atoms with Crippen LogP contribution in [0.15, 0.2) is 66.7 Å². The average molecular weight is 515 g/mol. The summed E-state index contributed by atoms with van der Waals surface area (Å²) in [6.45, 7) is 0. The molecule has 182 valence electrons. The molecule has 4 aromatic rings. The first-order valence-corrected chi connectivity index (χ1v) is 10.0. The molecule has 0 atom stereocenters. The number of fused-ring (bicyclic) bond motifs is 1. The van der Waals surface area contributed by atoms with Gasteiger partial charge in [-0.2, -0.15) is 0 Å². The number of halogens is 7. The van der Waals surface area contributed by atoms with E-state index in [2.05, 4.69) is 30.1 Å². The summed E-state index contributed by atoms with van der Waals surface area (Å²) in [5.74, 6) is -0.430. The van der Waals surface area contributed by atoms with Crippen molar-refractivity contribution < 1.29 is 35.8 Å². The van der Waals surface area contributed by atoms with Crippen molar-refractivity contribution in [3.8, 4) is 11.5 Å². The summed E-state index contributed by atoms with van der Waals surface area (Å²) in [6.07, 6.45) is -9.65. The molecule has 0 saturated carbocycles. The Morgan fingerprint density at radius 3 is 1.46 bits per heavy atom. The highest BCUT2D eigenvalue weighted by molar-refractivity contribution is 6.31. The molecule has 0 amide bonds. The summed E-state index contributed by atoms with van der Waals surface area (Å²) in [4.78, 5) is 8.95. The maximum atomic E-state index is 12.4. The maximum absolute atomic E-state index is 12.4. The second-order valence-electron chi connectivity index (χ2n) is 6.95. The van der Waals surface area contributed by atoms with Gasteiger partial charge in [0.05, 0.1) is 11.0 Å². The maximum Gasteiger partial charge on any atom is 0.573 e. The summed E-state index contributed by atoms with van der Waals surface area (Å²) in [5.41, 5.74) is 1.64. The number of alkyl halides is 6. The van der Waals surface area contributed by atoms with Crippen molar-refractivity contribution in [1.82, 2.24) is 9.97 Å². The Balaban J connectivity index is 1.63. The van der Waals surface area contributed by atoms with Gasteiger partial charge in [-0.3, -0.25) is 0 Å². The van der Waals surface area contributed by atoms with Crippen molar-refractivity contribution in [3.63, 3.8) is 0 Å². The predicted molar refractivity (Wildman–Crippen MR) is 117 cm³/mol. The molecule has 1 aromatic heterocycles. The SMILES string of the molecule is FC(F)(F)Oc1ccc(Nc2nc3ccc(Cl)cc3nc2Nc2ccc(OC(F)(F)F)cc2)cc1. The zero-order chi connectivity index (χ0) is 25.2. The van der Waals surface area contributed by atoms with Crippen molar-refractivity contribution in [2.45, 2.75) is 12.7 Å². The molecule has 0 saturated heterocycles. The van der Waals surface area contributed by atoms with Crippen LogP contribution in [0, 0.1) is 0 Å². The number of aromatic nitrogens is 2. The van der Waals surface area contributed by atoms with Crippen LogP contribution >= 0.6 is 11.6 Å². The van der Waals surface area contributed by atoms with Gasteiger partial charge in [-0.05, 0) is 66.7 Å². The van der Waals surface area contributed by atoms with Gasteiger partial charge in [0, 0.05) is 16.4 Å². The van der Waals surface area contributed by atoms with Crippen LogP contribution in [-0.2, 0) is 0 Å². The second-order valence-corrected chi connectivity index (χ2v) is 7.38. The molecule has 2 N–H and O–H groups in total. The smallest absolute Gasteiger partial charge is 0.406 e. The molecule has 0 aliphatic carbocycles. The number of ether oxygens (including phenoxy) is 2. The molecular weight excluding hydrogens is 502 g/mol. The molecule has 0 spiro atoms. The van der Waals surface area contributed by atoms with Crippen LogP contribution in [0.4, 0.5) is 49.4 Å². The van der Waals surface area contributed by atoms with Crippen LogP contribution in [0.3, 0.4) is 0 Å². The normalized spacial score (nSPS) is 11.9. The van der Waals surface area contributed by atoms with E-state index < -0.39 is 24.2 Å². The van der Waals surface area contributed by atoms with Crippen molar-refractivity contribution in [2.75, 3.05) is 10.6 Å². The van der Waals surface area contributed by atoms with Crippen LogP contribution in [0.5, 0.6) is 11.5 Å². The zero-order valence-electron chi connectivity index (χ0n) is 17.2. The second kappa shape index (κ2) is 9.37. The van der Waals surface area contributed by atoms with Crippen molar-refractivity contribution >= 4 is 45.6 Å². The van der Waals surface area contributed by atoms with E-state index in [-0.39, 0.29) is 11.6 Å². The number of rotatable bonds is 6. The van der Waals surface area contributed by atoms with Gasteiger partial charge < -0.3 is 20.1 Å². The number of nitrogens with one attached hydrogen (secondary N) is 2. The molecule has 4 rings (SSSR count). The Bertz CT molecular complexity index is 1330. The number of benzene rings is 3. The van der Waals surface area contributed by atoms with Crippen molar-refractivity contribution in [3.05, 3.63) is 71.8 Å².